The second-order valence-corrected chi connectivity index (χ2v) is 3.96. The first kappa shape index (κ1) is 16.1. The van der Waals surface area contributed by atoms with Gasteiger partial charge >= 0.3 is 0 Å². The van der Waals surface area contributed by atoms with E-state index in [0.29, 0.717) is 0 Å². The number of nitro groups is 2. The van der Waals surface area contributed by atoms with Gasteiger partial charge in [-0.2, -0.15) is 0 Å². The molecule has 0 aliphatic rings. The quantitative estimate of drug-likeness (QED) is 0.266. The highest BCUT2D eigenvalue weighted by molar-refractivity contribution is 5.63. The molecule has 0 aliphatic heterocycles. The first-order chi connectivity index (χ1) is 12.5. The van der Waals surface area contributed by atoms with Crippen molar-refractivity contribution >= 4 is 35.2 Å². The normalized spacial score (nSPS) is 10.2. The topological polar surface area (TPSA) is 264 Å². The number of aromatic nitrogens is 8. The fraction of sp³-hybridized carbons (Fsp3) is 0. The van der Waals surface area contributed by atoms with Crippen molar-refractivity contribution in [2.45, 2.75) is 0 Å². The largest absolute Gasteiger partial charge is 0.300 e. The second-order valence-electron chi connectivity index (χ2n) is 3.96. The van der Waals surface area contributed by atoms with Gasteiger partial charge in [0, 0.05) is 0 Å². The molecule has 0 unspecified atom stereocenters. The van der Waals surface area contributed by atoms with Crippen LogP contribution in [0.25, 0.3) is 0 Å². The summed E-state index contributed by atoms with van der Waals surface area (Å²) in [4.78, 5) is 20.8. The first-order valence-electron chi connectivity index (χ1n) is 6.10. The van der Waals surface area contributed by atoms with Crippen LogP contribution in [0.5, 0.6) is 0 Å². The lowest BCUT2D eigenvalue weighted by Crippen LogP contribution is -2.12. The fourth-order valence-electron chi connectivity index (χ4n) is 1.40. The molecule has 20 heteroatoms. The van der Waals surface area contributed by atoms with E-state index in [1.807, 2.05) is 0 Å². The van der Waals surface area contributed by atoms with Crippen LogP contribution < -0.4 is 21.5 Å². The lowest BCUT2D eigenvalue weighted by atomic mass is 10.6. The molecular weight excluding hydrogens is 364 g/mol. The van der Waals surface area contributed by atoms with Gasteiger partial charge in [-0.1, -0.05) is 10.9 Å². The van der Waals surface area contributed by atoms with Crippen molar-refractivity contribution in [2.24, 2.45) is 0 Å². The van der Waals surface area contributed by atoms with Gasteiger partial charge in [0.05, 0.1) is 0 Å². The number of anilines is 6. The Hall–Kier alpha value is -4.78. The van der Waals surface area contributed by atoms with Gasteiger partial charge in [0.1, 0.15) is 0 Å². The maximum absolute atomic E-state index is 10.4. The standard InChI is InChI=1S/C6H4N14O6/c21-19(22)13-3-1(15-25-17-3)7-5-9-11-6(12-10-5)8-2-4(14-20(23)24)18-26-16-2/h(H,13,17)(H,14,18)(H,7,9,10,15)(H,8,11,12,16). The van der Waals surface area contributed by atoms with Crippen LogP contribution in [0.15, 0.2) is 9.26 Å². The molecule has 0 bridgehead atoms. The van der Waals surface area contributed by atoms with Gasteiger partial charge in [0.15, 0.2) is 10.1 Å². The average Bonchev–Trinajstić information content (AvgIpc) is 3.18. The molecule has 3 rings (SSSR count). The molecule has 0 amide bonds. The predicted molar refractivity (Wildman–Crippen MR) is 74.0 cm³/mol. The van der Waals surface area contributed by atoms with Gasteiger partial charge in [-0.25, -0.2) is 29.5 Å². The molecule has 0 fully saturated rings. The summed E-state index contributed by atoms with van der Waals surface area (Å²) in [5, 5.41) is 51.6. The maximum atomic E-state index is 10.4. The highest BCUT2D eigenvalue weighted by Gasteiger charge is 2.18. The number of hydrazine groups is 2. The molecule has 3 aromatic heterocycles. The van der Waals surface area contributed by atoms with E-state index in [0.717, 1.165) is 0 Å². The van der Waals surface area contributed by atoms with Crippen molar-refractivity contribution in [2.75, 3.05) is 21.5 Å². The molecule has 3 heterocycles. The van der Waals surface area contributed by atoms with E-state index < -0.39 is 10.1 Å². The van der Waals surface area contributed by atoms with Crippen LogP contribution in [-0.4, -0.2) is 51.1 Å². The van der Waals surface area contributed by atoms with Crippen molar-refractivity contribution in [3.8, 4) is 0 Å². The monoisotopic (exact) mass is 368 g/mol. The van der Waals surface area contributed by atoms with Crippen LogP contribution in [0.4, 0.5) is 35.2 Å². The number of rotatable bonds is 8. The minimum atomic E-state index is -0.877. The van der Waals surface area contributed by atoms with Gasteiger partial charge in [-0.3, -0.25) is 10.6 Å². The van der Waals surface area contributed by atoms with Crippen molar-refractivity contribution in [3.05, 3.63) is 20.2 Å². The predicted octanol–water partition coefficient (Wildman–Crippen LogP) is -1.27. The molecule has 0 saturated heterocycles. The van der Waals surface area contributed by atoms with Crippen LogP contribution in [-0.2, 0) is 0 Å². The van der Waals surface area contributed by atoms with Gasteiger partial charge in [-0.05, 0) is 20.6 Å². The summed E-state index contributed by atoms with van der Waals surface area (Å²) in [6.45, 7) is 0. The third-order valence-electron chi connectivity index (χ3n) is 2.31. The minimum absolute atomic E-state index is 0.191. The Morgan fingerprint density at radius 3 is 1.35 bits per heavy atom. The van der Waals surface area contributed by atoms with E-state index in [1.54, 1.807) is 10.9 Å². The van der Waals surface area contributed by atoms with Crippen LogP contribution >= 0.6 is 0 Å². The number of nitrogens with one attached hydrogen (secondary N) is 4. The highest BCUT2D eigenvalue weighted by atomic mass is 16.7. The van der Waals surface area contributed by atoms with Crippen LogP contribution in [0.2, 0.25) is 0 Å². The highest BCUT2D eigenvalue weighted by Crippen LogP contribution is 2.20. The molecule has 0 aliphatic carbocycles. The third-order valence-corrected chi connectivity index (χ3v) is 2.31. The summed E-state index contributed by atoms with van der Waals surface area (Å²) in [6.07, 6.45) is 0. The maximum Gasteiger partial charge on any atom is 0.277 e. The summed E-state index contributed by atoms with van der Waals surface area (Å²) >= 11 is 0. The molecule has 0 radical (unpaired) electrons. The zero-order valence-corrected chi connectivity index (χ0v) is 11.9. The van der Waals surface area contributed by atoms with Gasteiger partial charge in [0.2, 0.25) is 11.6 Å². The molecular formula is C6H4N14O6. The fourth-order valence-corrected chi connectivity index (χ4v) is 1.40. The van der Waals surface area contributed by atoms with Crippen LogP contribution in [0.3, 0.4) is 0 Å². The summed E-state index contributed by atoms with van der Waals surface area (Å²) in [7, 11) is 0. The van der Waals surface area contributed by atoms with Gasteiger partial charge < -0.3 is 0 Å². The van der Waals surface area contributed by atoms with Crippen LogP contribution in [0.1, 0.15) is 0 Å². The Bertz CT molecular complexity index is 843. The molecule has 0 saturated carbocycles. The van der Waals surface area contributed by atoms with Crippen molar-refractivity contribution in [1.82, 2.24) is 41.0 Å². The van der Waals surface area contributed by atoms with E-state index in [1.165, 1.54) is 0 Å². The lowest BCUT2D eigenvalue weighted by Gasteiger charge is -2.01. The molecule has 0 spiro atoms. The summed E-state index contributed by atoms with van der Waals surface area (Å²) in [6, 6.07) is 0. The summed E-state index contributed by atoms with van der Waals surface area (Å²) in [5.41, 5.74) is 3.47. The van der Waals surface area contributed by atoms with Crippen molar-refractivity contribution in [1.29, 1.82) is 0 Å². The SMILES string of the molecule is O=[N+]([O-])Nc1nonc1Nc1nnc(Nc2nonc2N[N+](=O)[O-])nn1. The Morgan fingerprint density at radius 1 is 0.654 bits per heavy atom. The number of hydrogen-bond donors (Lipinski definition) is 4. The van der Waals surface area contributed by atoms with E-state index >= 15 is 0 Å². The number of hydrogen-bond acceptors (Lipinski definition) is 16. The second kappa shape index (κ2) is 6.77. The minimum Gasteiger partial charge on any atom is -0.300 e. The summed E-state index contributed by atoms with van der Waals surface area (Å²) < 4.78 is 8.66. The average molecular weight is 368 g/mol. The number of nitrogens with zero attached hydrogens (tertiary/aromatic N) is 10. The Labute approximate surface area is 138 Å². The Balaban J connectivity index is 1.68. The van der Waals surface area contributed by atoms with Crippen LogP contribution in [0, 0.1) is 20.2 Å². The van der Waals surface area contributed by atoms with E-state index in [-0.39, 0.29) is 35.2 Å². The molecule has 3 aromatic rings. The molecule has 134 valence electrons. The smallest absolute Gasteiger partial charge is 0.277 e. The summed E-state index contributed by atoms with van der Waals surface area (Å²) in [5.74, 6) is -1.46. The van der Waals surface area contributed by atoms with E-state index in [4.69, 9.17) is 0 Å². The molecule has 0 atom stereocenters. The van der Waals surface area contributed by atoms with Crippen molar-refractivity contribution in [3.63, 3.8) is 0 Å². The zero-order valence-electron chi connectivity index (χ0n) is 11.9. The van der Waals surface area contributed by atoms with E-state index in [9.17, 15) is 20.2 Å². The molecule has 26 heavy (non-hydrogen) atoms. The molecule has 20 nitrogen and oxygen atoms in total. The lowest BCUT2D eigenvalue weighted by molar-refractivity contribution is -0.445. The third kappa shape index (κ3) is 3.76. The van der Waals surface area contributed by atoms with Gasteiger partial charge in [0.25, 0.3) is 23.5 Å². The Kier molecular flexibility index (Phi) is 4.19. The Morgan fingerprint density at radius 2 is 1.00 bits per heavy atom. The first-order valence-corrected chi connectivity index (χ1v) is 6.10. The van der Waals surface area contributed by atoms with Crippen molar-refractivity contribution < 1.29 is 19.3 Å². The van der Waals surface area contributed by atoms with E-state index in [2.05, 4.69) is 60.9 Å². The molecule has 4 N–H and O–H groups in total. The molecule has 0 aromatic carbocycles. The zero-order chi connectivity index (χ0) is 18.5. The van der Waals surface area contributed by atoms with Gasteiger partial charge in [-0.15, -0.1) is 20.4 Å².